The zero-order valence-corrected chi connectivity index (χ0v) is 21.8. The van der Waals surface area contributed by atoms with E-state index in [4.69, 9.17) is 0 Å². The van der Waals surface area contributed by atoms with Crippen molar-refractivity contribution in [1.82, 2.24) is 25.1 Å². The predicted molar refractivity (Wildman–Crippen MR) is 140 cm³/mol. The predicted octanol–water partition coefficient (Wildman–Crippen LogP) is 2.81. The molecular weight excluding hydrogens is 470 g/mol. The lowest BCUT2D eigenvalue weighted by Gasteiger charge is -2.54. The highest BCUT2D eigenvalue weighted by Crippen LogP contribution is 2.28. The molecule has 2 N–H and O–H groups in total. The standard InChI is InChI=1S/C28H37N5O4/c1-4-20(2)14-15-31-18-25-32(24(27(31)36)16-21-10-12-23(34)13-11-21)26(35)19-30(3)33(25)28(37)29-17-22-8-6-5-7-9-22/h5-13,20,24-25,34H,4,14-19H2,1-3H3,(H,29,37)/t20?,24-,25-/m0/s1. The largest absolute Gasteiger partial charge is 0.508 e. The number of piperazine rings is 1. The van der Waals surface area contributed by atoms with E-state index in [0.717, 1.165) is 24.0 Å². The molecular formula is C28H37N5O4. The van der Waals surface area contributed by atoms with Gasteiger partial charge in [-0.3, -0.25) is 9.59 Å². The zero-order valence-electron chi connectivity index (χ0n) is 21.8. The van der Waals surface area contributed by atoms with Gasteiger partial charge in [-0.2, -0.15) is 0 Å². The summed E-state index contributed by atoms with van der Waals surface area (Å²) in [4.78, 5) is 43.9. The van der Waals surface area contributed by atoms with Crippen LogP contribution in [0.1, 0.15) is 37.8 Å². The average Bonchev–Trinajstić information content (AvgIpc) is 2.89. The maximum absolute atomic E-state index is 13.7. The molecule has 2 aliphatic heterocycles. The summed E-state index contributed by atoms with van der Waals surface area (Å²) in [6.45, 7) is 5.49. The van der Waals surface area contributed by atoms with Crippen molar-refractivity contribution in [2.75, 3.05) is 26.7 Å². The number of aromatic hydroxyl groups is 1. The number of phenolic OH excluding ortho intramolecular Hbond substituents is 1. The summed E-state index contributed by atoms with van der Waals surface area (Å²) in [6.07, 6.45) is 1.57. The Labute approximate surface area is 218 Å². The van der Waals surface area contributed by atoms with E-state index in [-0.39, 0.29) is 36.7 Å². The molecule has 0 radical (unpaired) electrons. The van der Waals surface area contributed by atoms with Crippen LogP contribution < -0.4 is 5.32 Å². The highest BCUT2D eigenvalue weighted by Gasteiger charge is 2.50. The number of amides is 4. The van der Waals surface area contributed by atoms with Gasteiger partial charge in [0, 0.05) is 26.6 Å². The van der Waals surface area contributed by atoms with Crippen LogP contribution in [0.15, 0.2) is 54.6 Å². The van der Waals surface area contributed by atoms with Crippen LogP contribution in [0.3, 0.4) is 0 Å². The second-order valence-corrected chi connectivity index (χ2v) is 10.1. The van der Waals surface area contributed by atoms with Gasteiger partial charge >= 0.3 is 6.03 Å². The third kappa shape index (κ3) is 6.05. The number of phenols is 1. The van der Waals surface area contributed by atoms with Crippen molar-refractivity contribution >= 4 is 17.8 Å². The molecule has 3 atom stereocenters. The first-order valence-electron chi connectivity index (χ1n) is 13.0. The zero-order chi connectivity index (χ0) is 26.5. The number of carbonyl (C=O) groups excluding carboxylic acids is 3. The van der Waals surface area contributed by atoms with E-state index in [2.05, 4.69) is 19.2 Å². The van der Waals surface area contributed by atoms with E-state index in [9.17, 15) is 19.5 Å². The molecule has 2 saturated heterocycles. The monoisotopic (exact) mass is 507 g/mol. The summed E-state index contributed by atoms with van der Waals surface area (Å²) in [5, 5.41) is 15.9. The molecule has 2 aromatic carbocycles. The maximum atomic E-state index is 13.7. The number of fused-ring (bicyclic) bond motifs is 1. The molecule has 0 bridgehead atoms. The maximum Gasteiger partial charge on any atom is 0.334 e. The number of nitrogens with zero attached hydrogens (tertiary/aromatic N) is 4. The molecule has 4 amide bonds. The minimum absolute atomic E-state index is 0.00147. The summed E-state index contributed by atoms with van der Waals surface area (Å²) < 4.78 is 0. The molecule has 2 heterocycles. The molecule has 2 aliphatic rings. The van der Waals surface area contributed by atoms with Gasteiger partial charge in [-0.25, -0.2) is 14.8 Å². The van der Waals surface area contributed by atoms with E-state index < -0.39 is 12.2 Å². The number of nitrogens with one attached hydrogen (secondary N) is 1. The summed E-state index contributed by atoms with van der Waals surface area (Å²) in [6, 6.07) is 15.3. The Morgan fingerprint density at radius 2 is 1.78 bits per heavy atom. The SMILES string of the molecule is CCC(C)CCN1C[C@H]2N(C(=O)CN(C)N2C(=O)NCc2ccccc2)[C@@H](Cc2ccc(O)cc2)C1=O. The lowest BCUT2D eigenvalue weighted by Crippen LogP contribution is -2.76. The molecule has 9 heteroatoms. The van der Waals surface area contributed by atoms with E-state index in [1.807, 2.05) is 35.2 Å². The van der Waals surface area contributed by atoms with Gasteiger partial charge in [0.1, 0.15) is 18.0 Å². The van der Waals surface area contributed by atoms with Crippen molar-refractivity contribution in [3.63, 3.8) is 0 Å². The van der Waals surface area contributed by atoms with E-state index in [1.54, 1.807) is 46.2 Å². The Hall–Kier alpha value is -3.59. The van der Waals surface area contributed by atoms with Crippen LogP contribution in [-0.4, -0.2) is 81.7 Å². The first kappa shape index (κ1) is 26.5. The van der Waals surface area contributed by atoms with Crippen LogP contribution in [0.25, 0.3) is 0 Å². The van der Waals surface area contributed by atoms with Gasteiger partial charge in [-0.1, -0.05) is 62.7 Å². The normalized spacial score (nSPS) is 21.1. The molecule has 198 valence electrons. The van der Waals surface area contributed by atoms with Gasteiger partial charge in [0.25, 0.3) is 0 Å². The molecule has 2 aromatic rings. The summed E-state index contributed by atoms with van der Waals surface area (Å²) in [5.74, 6) is 0.319. The van der Waals surface area contributed by atoms with Crippen molar-refractivity contribution in [1.29, 1.82) is 0 Å². The number of likely N-dealkylation sites (N-methyl/N-ethyl adjacent to an activating group) is 1. The lowest BCUT2D eigenvalue weighted by atomic mass is 9.97. The van der Waals surface area contributed by atoms with Gasteiger partial charge in [-0.15, -0.1) is 0 Å². The van der Waals surface area contributed by atoms with Crippen molar-refractivity contribution in [3.05, 3.63) is 65.7 Å². The first-order valence-corrected chi connectivity index (χ1v) is 13.0. The Morgan fingerprint density at radius 1 is 1.08 bits per heavy atom. The smallest absolute Gasteiger partial charge is 0.334 e. The highest BCUT2D eigenvalue weighted by molar-refractivity contribution is 5.91. The number of carbonyl (C=O) groups is 3. The van der Waals surface area contributed by atoms with Gasteiger partial charge in [0.2, 0.25) is 11.8 Å². The first-order chi connectivity index (χ1) is 17.8. The molecule has 4 rings (SSSR count). The van der Waals surface area contributed by atoms with Crippen LogP contribution in [0.2, 0.25) is 0 Å². The van der Waals surface area contributed by atoms with Crippen LogP contribution in [-0.2, 0) is 22.6 Å². The van der Waals surface area contributed by atoms with Crippen LogP contribution in [0.5, 0.6) is 5.75 Å². The number of hydrazine groups is 1. The van der Waals surface area contributed by atoms with Crippen LogP contribution >= 0.6 is 0 Å². The second kappa shape index (κ2) is 11.6. The van der Waals surface area contributed by atoms with Crippen LogP contribution in [0, 0.1) is 5.92 Å². The van der Waals surface area contributed by atoms with Crippen molar-refractivity contribution in [2.45, 2.75) is 51.9 Å². The summed E-state index contributed by atoms with van der Waals surface area (Å²) in [7, 11) is 1.73. The number of benzene rings is 2. The molecule has 37 heavy (non-hydrogen) atoms. The van der Waals surface area contributed by atoms with Gasteiger partial charge in [0.15, 0.2) is 0 Å². The Bertz CT molecular complexity index is 1090. The average molecular weight is 508 g/mol. The fourth-order valence-electron chi connectivity index (χ4n) is 5.00. The molecule has 0 aromatic heterocycles. The second-order valence-electron chi connectivity index (χ2n) is 10.1. The Balaban J connectivity index is 1.61. The fourth-order valence-corrected chi connectivity index (χ4v) is 5.00. The van der Waals surface area contributed by atoms with E-state index >= 15 is 0 Å². The quantitative estimate of drug-likeness (QED) is 0.573. The molecule has 0 aliphatic carbocycles. The minimum atomic E-state index is -0.731. The molecule has 0 spiro atoms. The molecule has 9 nitrogen and oxygen atoms in total. The van der Waals surface area contributed by atoms with Crippen molar-refractivity contribution < 1.29 is 19.5 Å². The summed E-state index contributed by atoms with van der Waals surface area (Å²) in [5.41, 5.74) is 1.81. The Kier molecular flexibility index (Phi) is 8.33. The number of rotatable bonds is 8. The highest BCUT2D eigenvalue weighted by atomic mass is 16.3. The van der Waals surface area contributed by atoms with E-state index in [1.165, 1.54) is 0 Å². The van der Waals surface area contributed by atoms with Gasteiger partial charge in [-0.05, 0) is 35.6 Å². The molecule has 0 saturated carbocycles. The van der Waals surface area contributed by atoms with Gasteiger partial charge in [0.05, 0.1) is 13.1 Å². The molecule has 2 fully saturated rings. The van der Waals surface area contributed by atoms with E-state index in [0.29, 0.717) is 25.4 Å². The number of hydrogen-bond acceptors (Lipinski definition) is 5. The minimum Gasteiger partial charge on any atom is -0.508 e. The van der Waals surface area contributed by atoms with Gasteiger partial charge < -0.3 is 20.2 Å². The third-order valence-electron chi connectivity index (χ3n) is 7.39. The number of urea groups is 1. The summed E-state index contributed by atoms with van der Waals surface area (Å²) >= 11 is 0. The van der Waals surface area contributed by atoms with Crippen molar-refractivity contribution in [3.8, 4) is 5.75 Å². The fraction of sp³-hybridized carbons (Fsp3) is 0.464. The van der Waals surface area contributed by atoms with Crippen LogP contribution in [0.4, 0.5) is 4.79 Å². The third-order valence-corrected chi connectivity index (χ3v) is 7.39. The Morgan fingerprint density at radius 3 is 2.46 bits per heavy atom. The molecule has 1 unspecified atom stereocenters. The lowest BCUT2D eigenvalue weighted by molar-refractivity contribution is -0.187. The topological polar surface area (TPSA) is 96.4 Å². The van der Waals surface area contributed by atoms with Crippen molar-refractivity contribution in [2.24, 2.45) is 5.92 Å². The number of hydrogen-bond donors (Lipinski definition) is 2.